The fourth-order valence-corrected chi connectivity index (χ4v) is 4.14. The molecule has 1 saturated heterocycles. The van der Waals surface area contributed by atoms with Crippen molar-refractivity contribution in [1.82, 2.24) is 10.2 Å². The van der Waals surface area contributed by atoms with Crippen molar-refractivity contribution >= 4 is 29.2 Å². The molecule has 2 heterocycles. The fraction of sp³-hybridized carbons (Fsp3) is 0.292. The van der Waals surface area contributed by atoms with Crippen molar-refractivity contribution in [3.63, 3.8) is 0 Å². The molecule has 1 amide bonds. The van der Waals surface area contributed by atoms with Crippen LogP contribution in [0.1, 0.15) is 12.8 Å². The number of benzene rings is 2. The summed E-state index contributed by atoms with van der Waals surface area (Å²) in [4.78, 5) is 16.1. The van der Waals surface area contributed by atoms with Gasteiger partial charge in [0.05, 0.1) is 18.7 Å². The quantitative estimate of drug-likeness (QED) is 0.566. The van der Waals surface area contributed by atoms with Gasteiger partial charge < -0.3 is 15.0 Å². The van der Waals surface area contributed by atoms with Crippen LogP contribution in [0.15, 0.2) is 65.6 Å². The number of rotatable bonds is 6. The first-order valence-electron chi connectivity index (χ1n) is 10.3. The van der Waals surface area contributed by atoms with E-state index >= 15 is 0 Å². The lowest BCUT2D eigenvalue weighted by Crippen LogP contribution is -2.41. The van der Waals surface area contributed by atoms with E-state index in [0.717, 1.165) is 47.9 Å². The molecule has 4 rings (SSSR count). The molecule has 1 aromatic heterocycles. The van der Waals surface area contributed by atoms with Crippen LogP contribution in [0.25, 0.3) is 11.3 Å². The van der Waals surface area contributed by atoms with E-state index in [1.807, 2.05) is 66.9 Å². The summed E-state index contributed by atoms with van der Waals surface area (Å²) in [7, 11) is 1.65. The summed E-state index contributed by atoms with van der Waals surface area (Å²) in [5.41, 5.74) is 2.64. The predicted octanol–water partition coefficient (Wildman–Crippen LogP) is 4.73. The molecule has 1 fully saturated rings. The Labute approximate surface area is 187 Å². The molecular weight excluding hydrogens is 408 g/mol. The summed E-state index contributed by atoms with van der Waals surface area (Å²) >= 11 is 1.69. The maximum absolute atomic E-state index is 12.8. The van der Waals surface area contributed by atoms with Gasteiger partial charge in [0.25, 0.3) is 0 Å². The summed E-state index contributed by atoms with van der Waals surface area (Å²) in [6, 6.07) is 19.7. The van der Waals surface area contributed by atoms with Crippen molar-refractivity contribution in [2.24, 2.45) is 5.92 Å². The van der Waals surface area contributed by atoms with Gasteiger partial charge in [0.1, 0.15) is 5.75 Å². The van der Waals surface area contributed by atoms with Crippen LogP contribution in [-0.4, -0.2) is 42.6 Å². The van der Waals surface area contributed by atoms with Crippen LogP contribution in [-0.2, 0) is 4.79 Å². The van der Waals surface area contributed by atoms with Crippen LogP contribution < -0.4 is 15.0 Å². The number of hydrogen-bond acceptors (Lipinski definition) is 6. The first kappa shape index (κ1) is 21.2. The van der Waals surface area contributed by atoms with Gasteiger partial charge >= 0.3 is 0 Å². The van der Waals surface area contributed by atoms with Crippen LogP contribution in [0.4, 0.5) is 11.5 Å². The minimum absolute atomic E-state index is 0.0596. The van der Waals surface area contributed by atoms with Gasteiger partial charge in [-0.15, -0.1) is 22.0 Å². The highest BCUT2D eigenvalue weighted by atomic mass is 32.2. The third-order valence-electron chi connectivity index (χ3n) is 5.51. The van der Waals surface area contributed by atoms with E-state index in [1.54, 1.807) is 18.9 Å². The Morgan fingerprint density at radius 2 is 1.84 bits per heavy atom. The number of thioether (sulfide) groups is 1. The third-order valence-corrected chi connectivity index (χ3v) is 6.25. The number of nitrogens with one attached hydrogen (secondary N) is 1. The Kier molecular flexibility index (Phi) is 6.72. The largest absolute Gasteiger partial charge is 0.497 e. The van der Waals surface area contributed by atoms with Gasteiger partial charge in [0, 0.05) is 29.2 Å². The number of methoxy groups -OCH3 is 1. The van der Waals surface area contributed by atoms with Crippen LogP contribution in [0.2, 0.25) is 0 Å². The minimum Gasteiger partial charge on any atom is -0.497 e. The van der Waals surface area contributed by atoms with Gasteiger partial charge in [-0.25, -0.2) is 0 Å². The average Bonchev–Trinajstić information content (AvgIpc) is 2.85. The molecule has 0 bridgehead atoms. The number of piperidine rings is 1. The van der Waals surface area contributed by atoms with Crippen molar-refractivity contribution in [2.75, 3.05) is 36.7 Å². The molecule has 1 aliphatic heterocycles. The number of hydrogen-bond donors (Lipinski definition) is 1. The fourth-order valence-electron chi connectivity index (χ4n) is 3.73. The number of anilines is 2. The Balaban J connectivity index is 1.39. The van der Waals surface area contributed by atoms with E-state index in [2.05, 4.69) is 20.4 Å². The molecule has 31 heavy (non-hydrogen) atoms. The molecule has 1 unspecified atom stereocenters. The molecule has 160 valence electrons. The highest BCUT2D eigenvalue weighted by Crippen LogP contribution is 2.25. The number of ether oxygens (including phenoxy) is 1. The second-order valence-corrected chi connectivity index (χ2v) is 8.39. The topological polar surface area (TPSA) is 67.3 Å². The van der Waals surface area contributed by atoms with E-state index in [0.29, 0.717) is 6.54 Å². The highest BCUT2D eigenvalue weighted by molar-refractivity contribution is 7.98. The molecular formula is C24H26N4O2S. The lowest BCUT2D eigenvalue weighted by atomic mass is 9.97. The van der Waals surface area contributed by atoms with Crippen molar-refractivity contribution < 1.29 is 9.53 Å². The molecule has 0 radical (unpaired) electrons. The standard InChI is InChI=1S/C24H26N4O2S/c1-30-20-9-5-17(6-10-20)22-13-14-23(27-26-22)28-15-3-4-18(16-28)24(29)25-19-7-11-21(31-2)12-8-19/h5-14,18H,3-4,15-16H2,1-2H3,(H,25,29). The monoisotopic (exact) mass is 434 g/mol. The molecule has 2 aromatic carbocycles. The maximum Gasteiger partial charge on any atom is 0.229 e. The molecule has 1 N–H and O–H groups in total. The van der Waals surface area contributed by atoms with E-state index in [9.17, 15) is 4.79 Å². The molecule has 1 atom stereocenters. The number of carbonyl (C=O) groups excluding carboxylic acids is 1. The lowest BCUT2D eigenvalue weighted by molar-refractivity contribution is -0.120. The zero-order valence-electron chi connectivity index (χ0n) is 17.7. The third kappa shape index (κ3) is 5.17. The Morgan fingerprint density at radius 1 is 1.06 bits per heavy atom. The molecule has 0 aliphatic carbocycles. The molecule has 7 heteroatoms. The normalized spacial score (nSPS) is 16.1. The summed E-state index contributed by atoms with van der Waals surface area (Å²) in [6.07, 6.45) is 3.87. The molecule has 3 aromatic rings. The van der Waals surface area contributed by atoms with E-state index < -0.39 is 0 Å². The molecule has 0 saturated carbocycles. The number of carbonyl (C=O) groups is 1. The predicted molar refractivity (Wildman–Crippen MR) is 126 cm³/mol. The van der Waals surface area contributed by atoms with Gasteiger partial charge in [-0.1, -0.05) is 0 Å². The minimum atomic E-state index is -0.0722. The number of nitrogens with zero attached hydrogens (tertiary/aromatic N) is 3. The molecule has 1 aliphatic rings. The Morgan fingerprint density at radius 3 is 2.48 bits per heavy atom. The van der Waals surface area contributed by atoms with Gasteiger partial charge in [-0.3, -0.25) is 4.79 Å². The maximum atomic E-state index is 12.8. The average molecular weight is 435 g/mol. The summed E-state index contributed by atoms with van der Waals surface area (Å²) in [5, 5.41) is 11.9. The van der Waals surface area contributed by atoms with Gasteiger partial charge in [0.15, 0.2) is 5.82 Å². The SMILES string of the molecule is COc1ccc(-c2ccc(N3CCCC(C(=O)Nc4ccc(SC)cc4)C3)nn2)cc1. The zero-order valence-corrected chi connectivity index (χ0v) is 18.6. The zero-order chi connectivity index (χ0) is 21.6. The van der Waals surface area contributed by atoms with Crippen LogP contribution >= 0.6 is 11.8 Å². The second-order valence-electron chi connectivity index (χ2n) is 7.51. The highest BCUT2D eigenvalue weighted by Gasteiger charge is 2.27. The van der Waals surface area contributed by atoms with Crippen LogP contribution in [0, 0.1) is 5.92 Å². The Hall–Kier alpha value is -3.06. The first-order valence-corrected chi connectivity index (χ1v) is 11.6. The first-order chi connectivity index (χ1) is 15.2. The van der Waals surface area contributed by atoms with Crippen molar-refractivity contribution in [1.29, 1.82) is 0 Å². The van der Waals surface area contributed by atoms with E-state index in [1.165, 1.54) is 4.90 Å². The van der Waals surface area contributed by atoms with Crippen molar-refractivity contribution in [3.8, 4) is 17.0 Å². The van der Waals surface area contributed by atoms with Crippen molar-refractivity contribution in [3.05, 3.63) is 60.7 Å². The van der Waals surface area contributed by atoms with Gasteiger partial charge in [-0.2, -0.15) is 0 Å². The summed E-state index contributed by atoms with van der Waals surface area (Å²) in [6.45, 7) is 1.52. The molecule has 6 nitrogen and oxygen atoms in total. The summed E-state index contributed by atoms with van der Waals surface area (Å²) in [5.74, 6) is 1.60. The van der Waals surface area contributed by atoms with Crippen LogP contribution in [0.5, 0.6) is 5.75 Å². The molecule has 0 spiro atoms. The van der Waals surface area contributed by atoms with Crippen molar-refractivity contribution in [2.45, 2.75) is 17.7 Å². The summed E-state index contributed by atoms with van der Waals surface area (Å²) < 4.78 is 5.20. The lowest BCUT2D eigenvalue weighted by Gasteiger charge is -2.32. The van der Waals surface area contributed by atoms with E-state index in [-0.39, 0.29) is 11.8 Å². The number of aromatic nitrogens is 2. The van der Waals surface area contributed by atoms with E-state index in [4.69, 9.17) is 4.74 Å². The smallest absolute Gasteiger partial charge is 0.229 e. The van der Waals surface area contributed by atoms with Gasteiger partial charge in [0.2, 0.25) is 5.91 Å². The van der Waals surface area contributed by atoms with Gasteiger partial charge in [-0.05, 0) is 79.8 Å². The van der Waals surface area contributed by atoms with Crippen LogP contribution in [0.3, 0.4) is 0 Å². The Bertz CT molecular complexity index is 1010. The number of amides is 1. The second kappa shape index (κ2) is 9.83.